The van der Waals surface area contributed by atoms with Gasteiger partial charge >= 0.3 is 0 Å². The summed E-state index contributed by atoms with van der Waals surface area (Å²) in [6.45, 7) is 1.19. The molecule has 0 spiro atoms. The van der Waals surface area contributed by atoms with Crippen molar-refractivity contribution >= 4 is 17.7 Å². The molecule has 1 heterocycles. The van der Waals surface area contributed by atoms with E-state index >= 15 is 0 Å². The Morgan fingerprint density at radius 1 is 1.32 bits per heavy atom. The van der Waals surface area contributed by atoms with Crippen molar-refractivity contribution in [1.82, 2.24) is 9.88 Å². The average molecular weight is 341 g/mol. The lowest BCUT2D eigenvalue weighted by molar-refractivity contribution is -0.384. The highest BCUT2D eigenvalue weighted by atomic mass is 16.6. The predicted molar refractivity (Wildman–Crippen MR) is 93.7 cm³/mol. The fourth-order valence-corrected chi connectivity index (χ4v) is 2.17. The summed E-state index contributed by atoms with van der Waals surface area (Å²) in [5, 5.41) is 10.8. The summed E-state index contributed by atoms with van der Waals surface area (Å²) in [6.07, 6.45) is 4.64. The molecule has 0 aliphatic heterocycles. The molecule has 1 amide bonds. The SMILES string of the molecule is COCCN(Cc1ccccn1)C(=O)/C=C/c1cccc([N+](=O)[O-])c1. The lowest BCUT2D eigenvalue weighted by Gasteiger charge is -2.20. The molecule has 0 fully saturated rings. The average Bonchev–Trinajstić information content (AvgIpc) is 2.64. The zero-order valence-corrected chi connectivity index (χ0v) is 13.9. The van der Waals surface area contributed by atoms with E-state index in [-0.39, 0.29) is 11.6 Å². The molecule has 25 heavy (non-hydrogen) atoms. The normalized spacial score (nSPS) is 10.8. The molecule has 1 aromatic carbocycles. The largest absolute Gasteiger partial charge is 0.383 e. The standard InChI is InChI=1S/C18H19N3O4/c1-25-12-11-20(14-16-6-2-3-10-19-16)18(22)9-8-15-5-4-7-17(13-15)21(23)24/h2-10,13H,11-12,14H2,1H3/b9-8+. The summed E-state index contributed by atoms with van der Waals surface area (Å²) in [4.78, 5) is 28.6. The molecule has 0 bridgehead atoms. The van der Waals surface area contributed by atoms with Crippen molar-refractivity contribution in [1.29, 1.82) is 0 Å². The smallest absolute Gasteiger partial charge is 0.270 e. The zero-order chi connectivity index (χ0) is 18.1. The minimum atomic E-state index is -0.467. The van der Waals surface area contributed by atoms with Gasteiger partial charge in [0.05, 0.1) is 23.8 Å². The summed E-state index contributed by atoms with van der Waals surface area (Å²) < 4.78 is 5.05. The quantitative estimate of drug-likeness (QED) is 0.419. The van der Waals surface area contributed by atoms with Crippen molar-refractivity contribution in [3.63, 3.8) is 0 Å². The minimum Gasteiger partial charge on any atom is -0.383 e. The van der Waals surface area contributed by atoms with E-state index in [4.69, 9.17) is 4.74 Å². The molecule has 0 aliphatic carbocycles. The highest BCUT2D eigenvalue weighted by molar-refractivity contribution is 5.91. The van der Waals surface area contributed by atoms with Crippen LogP contribution in [0.1, 0.15) is 11.3 Å². The Morgan fingerprint density at radius 3 is 2.84 bits per heavy atom. The Kier molecular flexibility index (Phi) is 6.79. The highest BCUT2D eigenvalue weighted by Crippen LogP contribution is 2.14. The van der Waals surface area contributed by atoms with E-state index in [0.29, 0.717) is 25.3 Å². The summed E-state index contributed by atoms with van der Waals surface area (Å²) in [5.74, 6) is -0.214. The van der Waals surface area contributed by atoms with Crippen molar-refractivity contribution in [3.05, 3.63) is 76.1 Å². The van der Waals surface area contributed by atoms with Crippen LogP contribution in [0.3, 0.4) is 0 Å². The molecule has 0 radical (unpaired) electrons. The maximum Gasteiger partial charge on any atom is 0.270 e. The van der Waals surface area contributed by atoms with E-state index < -0.39 is 4.92 Å². The monoisotopic (exact) mass is 341 g/mol. The number of hydrogen-bond donors (Lipinski definition) is 0. The van der Waals surface area contributed by atoms with Crippen molar-refractivity contribution in [2.24, 2.45) is 0 Å². The molecule has 7 nitrogen and oxygen atoms in total. The number of carbonyl (C=O) groups is 1. The van der Waals surface area contributed by atoms with E-state index in [9.17, 15) is 14.9 Å². The van der Waals surface area contributed by atoms with E-state index in [2.05, 4.69) is 4.98 Å². The summed E-state index contributed by atoms with van der Waals surface area (Å²) in [5.41, 5.74) is 1.35. The number of nitro benzene ring substituents is 1. The number of hydrogen-bond acceptors (Lipinski definition) is 5. The number of aromatic nitrogens is 1. The Hall–Kier alpha value is -3.06. The number of carbonyl (C=O) groups excluding carboxylic acids is 1. The van der Waals surface area contributed by atoms with Crippen LogP contribution in [-0.2, 0) is 16.1 Å². The Morgan fingerprint density at radius 2 is 2.16 bits per heavy atom. The number of rotatable bonds is 8. The van der Waals surface area contributed by atoms with E-state index in [0.717, 1.165) is 5.69 Å². The van der Waals surface area contributed by atoms with E-state index in [1.165, 1.54) is 18.2 Å². The Bertz CT molecular complexity index is 747. The summed E-state index contributed by atoms with van der Waals surface area (Å²) >= 11 is 0. The third-order valence-electron chi connectivity index (χ3n) is 3.46. The van der Waals surface area contributed by atoms with Crippen LogP contribution in [-0.4, -0.2) is 41.0 Å². The Labute approximate surface area is 145 Å². The van der Waals surface area contributed by atoms with Gasteiger partial charge in [-0.2, -0.15) is 0 Å². The van der Waals surface area contributed by atoms with Gasteiger partial charge in [-0.25, -0.2) is 0 Å². The summed E-state index contributed by atoms with van der Waals surface area (Å²) in [6, 6.07) is 11.6. The molecule has 2 rings (SSSR count). The molecule has 130 valence electrons. The first kappa shape index (κ1) is 18.3. The molecule has 0 atom stereocenters. The number of nitrogens with zero attached hydrogens (tertiary/aromatic N) is 3. The van der Waals surface area contributed by atoms with E-state index in [1.54, 1.807) is 36.4 Å². The van der Waals surface area contributed by atoms with Crippen LogP contribution < -0.4 is 0 Å². The first-order valence-corrected chi connectivity index (χ1v) is 7.70. The molecule has 2 aromatic rings. The second kappa shape index (κ2) is 9.29. The number of benzene rings is 1. The predicted octanol–water partition coefficient (Wildman–Crippen LogP) is 2.68. The molecular formula is C18H19N3O4. The van der Waals surface area contributed by atoms with Crippen LogP contribution >= 0.6 is 0 Å². The lowest BCUT2D eigenvalue weighted by atomic mass is 10.2. The molecule has 0 aliphatic rings. The fraction of sp³-hybridized carbons (Fsp3) is 0.222. The van der Waals surface area contributed by atoms with E-state index in [1.807, 2.05) is 18.2 Å². The number of ether oxygens (including phenoxy) is 1. The van der Waals surface area contributed by atoms with Gasteiger partial charge in [-0.3, -0.25) is 19.9 Å². The topological polar surface area (TPSA) is 85.6 Å². The van der Waals surface area contributed by atoms with Crippen LogP contribution in [0.15, 0.2) is 54.7 Å². The maximum atomic E-state index is 12.5. The number of non-ortho nitro benzene ring substituents is 1. The van der Waals surface area contributed by atoms with Gasteiger partial charge in [-0.05, 0) is 23.8 Å². The van der Waals surface area contributed by atoms with Gasteiger partial charge in [-0.15, -0.1) is 0 Å². The van der Waals surface area contributed by atoms with Crippen molar-refractivity contribution in [2.75, 3.05) is 20.3 Å². The van der Waals surface area contributed by atoms with Crippen molar-refractivity contribution in [3.8, 4) is 0 Å². The number of nitro groups is 1. The van der Waals surface area contributed by atoms with Gasteiger partial charge < -0.3 is 9.64 Å². The summed E-state index contributed by atoms with van der Waals surface area (Å²) in [7, 11) is 1.57. The van der Waals surface area contributed by atoms with Crippen LogP contribution in [0.25, 0.3) is 6.08 Å². The molecule has 0 unspecified atom stereocenters. The zero-order valence-electron chi connectivity index (χ0n) is 13.9. The molecule has 7 heteroatoms. The van der Waals surface area contributed by atoms with Crippen molar-refractivity contribution < 1.29 is 14.5 Å². The third-order valence-corrected chi connectivity index (χ3v) is 3.46. The number of methoxy groups -OCH3 is 1. The van der Waals surface area contributed by atoms with Crippen LogP contribution in [0.2, 0.25) is 0 Å². The van der Waals surface area contributed by atoms with Gasteiger partial charge in [0, 0.05) is 38.1 Å². The van der Waals surface area contributed by atoms with Crippen molar-refractivity contribution in [2.45, 2.75) is 6.54 Å². The van der Waals surface area contributed by atoms with Crippen LogP contribution in [0, 0.1) is 10.1 Å². The second-order valence-electron chi connectivity index (χ2n) is 5.26. The first-order valence-electron chi connectivity index (χ1n) is 7.70. The Balaban J connectivity index is 2.10. The molecule has 0 saturated heterocycles. The molecule has 0 N–H and O–H groups in total. The molecular weight excluding hydrogens is 322 g/mol. The number of amides is 1. The van der Waals surface area contributed by atoms with Gasteiger partial charge in [0.1, 0.15) is 0 Å². The van der Waals surface area contributed by atoms with Gasteiger partial charge in [0.25, 0.3) is 5.69 Å². The maximum absolute atomic E-state index is 12.5. The van der Waals surface area contributed by atoms with Gasteiger partial charge in [-0.1, -0.05) is 18.2 Å². The minimum absolute atomic E-state index is 0.0145. The van der Waals surface area contributed by atoms with Crippen LogP contribution in [0.5, 0.6) is 0 Å². The fourth-order valence-electron chi connectivity index (χ4n) is 2.17. The number of pyridine rings is 1. The second-order valence-corrected chi connectivity index (χ2v) is 5.26. The molecule has 1 aromatic heterocycles. The highest BCUT2D eigenvalue weighted by Gasteiger charge is 2.12. The van der Waals surface area contributed by atoms with Crippen LogP contribution in [0.4, 0.5) is 5.69 Å². The molecule has 0 saturated carbocycles. The first-order chi connectivity index (χ1) is 12.1. The van der Waals surface area contributed by atoms with Gasteiger partial charge in [0.2, 0.25) is 5.91 Å². The third kappa shape index (κ3) is 5.82. The lowest BCUT2D eigenvalue weighted by Crippen LogP contribution is -2.32. The van der Waals surface area contributed by atoms with Gasteiger partial charge in [0.15, 0.2) is 0 Å².